The first kappa shape index (κ1) is 13.9. The lowest BCUT2D eigenvalue weighted by molar-refractivity contribution is -0.385. The summed E-state index contributed by atoms with van der Waals surface area (Å²) < 4.78 is 0. The normalized spacial score (nSPS) is 17.7. The highest BCUT2D eigenvalue weighted by Crippen LogP contribution is 2.26. The van der Waals surface area contributed by atoms with Crippen molar-refractivity contribution in [3.05, 3.63) is 33.9 Å². The molecule has 1 aromatic carbocycles. The number of hydrogen-bond donors (Lipinski definition) is 3. The van der Waals surface area contributed by atoms with Gasteiger partial charge in [-0.3, -0.25) is 14.9 Å². The lowest BCUT2D eigenvalue weighted by Gasteiger charge is -2.12. The summed E-state index contributed by atoms with van der Waals surface area (Å²) in [5, 5.41) is 25.4. The van der Waals surface area contributed by atoms with Crippen molar-refractivity contribution in [3.63, 3.8) is 0 Å². The standard InChI is InChI=1S/C12H13N3O5/c16-11(8-4-2-6-13-8)14-7-3-1-5-9(15(19)20)10(7)12(17)18/h1,3,5,8,13H,2,4,6H2,(H,14,16)(H,17,18). The number of carbonyl (C=O) groups excluding carboxylic acids is 1. The van der Waals surface area contributed by atoms with Crippen LogP contribution >= 0.6 is 0 Å². The van der Waals surface area contributed by atoms with Crippen LogP contribution in [-0.2, 0) is 4.79 Å². The van der Waals surface area contributed by atoms with Crippen LogP contribution < -0.4 is 10.6 Å². The van der Waals surface area contributed by atoms with Crippen molar-refractivity contribution in [3.8, 4) is 0 Å². The number of benzene rings is 1. The van der Waals surface area contributed by atoms with Crippen LogP contribution in [0.2, 0.25) is 0 Å². The van der Waals surface area contributed by atoms with Crippen LogP contribution in [0.1, 0.15) is 23.2 Å². The third-order valence-electron chi connectivity index (χ3n) is 3.09. The summed E-state index contributed by atoms with van der Waals surface area (Å²) in [4.78, 5) is 33.2. The molecule has 1 fully saturated rings. The minimum Gasteiger partial charge on any atom is -0.477 e. The number of amides is 1. The first-order chi connectivity index (χ1) is 9.50. The van der Waals surface area contributed by atoms with Gasteiger partial charge in [0.2, 0.25) is 5.91 Å². The summed E-state index contributed by atoms with van der Waals surface area (Å²) in [6.45, 7) is 0.721. The maximum Gasteiger partial charge on any atom is 0.344 e. The maximum absolute atomic E-state index is 11.9. The molecule has 0 spiro atoms. The lowest BCUT2D eigenvalue weighted by Crippen LogP contribution is -2.35. The van der Waals surface area contributed by atoms with Gasteiger partial charge in [0.15, 0.2) is 5.56 Å². The summed E-state index contributed by atoms with van der Waals surface area (Å²) in [5.74, 6) is -1.84. The van der Waals surface area contributed by atoms with E-state index in [2.05, 4.69) is 10.6 Å². The Labute approximate surface area is 113 Å². The number of nitro benzene ring substituents is 1. The molecule has 3 N–H and O–H groups in total. The molecule has 0 bridgehead atoms. The highest BCUT2D eigenvalue weighted by molar-refractivity contribution is 6.04. The van der Waals surface area contributed by atoms with E-state index >= 15 is 0 Å². The molecular weight excluding hydrogens is 266 g/mol. The summed E-state index contributed by atoms with van der Waals surface area (Å²) in [6, 6.07) is 3.37. The van der Waals surface area contributed by atoms with Gasteiger partial charge < -0.3 is 15.7 Å². The molecule has 1 amide bonds. The second-order valence-electron chi connectivity index (χ2n) is 4.40. The van der Waals surface area contributed by atoms with Gasteiger partial charge in [-0.15, -0.1) is 0 Å². The fourth-order valence-electron chi connectivity index (χ4n) is 2.15. The number of carboxylic acids is 1. The van der Waals surface area contributed by atoms with E-state index in [0.29, 0.717) is 6.42 Å². The molecule has 1 aliphatic rings. The Bertz CT molecular complexity index is 566. The number of anilines is 1. The largest absolute Gasteiger partial charge is 0.477 e. The third kappa shape index (κ3) is 2.75. The molecule has 1 atom stereocenters. The average Bonchev–Trinajstić information content (AvgIpc) is 2.91. The summed E-state index contributed by atoms with van der Waals surface area (Å²) in [5.41, 5.74) is -1.12. The molecule has 20 heavy (non-hydrogen) atoms. The first-order valence-electron chi connectivity index (χ1n) is 6.05. The second-order valence-corrected chi connectivity index (χ2v) is 4.40. The number of rotatable bonds is 4. The highest BCUT2D eigenvalue weighted by atomic mass is 16.6. The van der Waals surface area contributed by atoms with Crippen molar-refractivity contribution in [2.45, 2.75) is 18.9 Å². The van der Waals surface area contributed by atoms with Crippen molar-refractivity contribution >= 4 is 23.3 Å². The highest BCUT2D eigenvalue weighted by Gasteiger charge is 2.27. The van der Waals surface area contributed by atoms with Gasteiger partial charge in [-0.2, -0.15) is 0 Å². The molecule has 0 radical (unpaired) electrons. The van der Waals surface area contributed by atoms with Gasteiger partial charge in [0.25, 0.3) is 5.69 Å². The Kier molecular flexibility index (Phi) is 3.94. The van der Waals surface area contributed by atoms with Crippen LogP contribution in [0, 0.1) is 10.1 Å². The molecule has 1 aromatic rings. The maximum atomic E-state index is 11.9. The molecule has 0 aromatic heterocycles. The Balaban J connectivity index is 2.31. The number of carbonyl (C=O) groups is 2. The van der Waals surface area contributed by atoms with Crippen molar-refractivity contribution in [2.75, 3.05) is 11.9 Å². The average molecular weight is 279 g/mol. The lowest BCUT2D eigenvalue weighted by atomic mass is 10.1. The zero-order chi connectivity index (χ0) is 14.7. The molecule has 1 aliphatic heterocycles. The molecule has 1 unspecified atom stereocenters. The molecule has 2 rings (SSSR count). The second kappa shape index (κ2) is 5.66. The molecular formula is C12H13N3O5. The van der Waals surface area contributed by atoms with Crippen molar-refractivity contribution < 1.29 is 19.6 Å². The SMILES string of the molecule is O=C(O)c1c(NC(=O)C2CCCN2)cccc1[N+](=O)[O-]. The molecule has 8 heteroatoms. The Hall–Kier alpha value is -2.48. The Morgan fingerprint density at radius 3 is 2.75 bits per heavy atom. The smallest absolute Gasteiger partial charge is 0.344 e. The van der Waals surface area contributed by atoms with Crippen molar-refractivity contribution in [1.82, 2.24) is 5.32 Å². The molecule has 1 heterocycles. The number of nitrogens with zero attached hydrogens (tertiary/aromatic N) is 1. The summed E-state index contributed by atoms with van der Waals surface area (Å²) in [7, 11) is 0. The molecule has 1 saturated heterocycles. The third-order valence-corrected chi connectivity index (χ3v) is 3.09. The molecule has 8 nitrogen and oxygen atoms in total. The predicted octanol–water partition coefficient (Wildman–Crippen LogP) is 0.983. The zero-order valence-electron chi connectivity index (χ0n) is 10.5. The minimum absolute atomic E-state index is 0.0644. The van der Waals surface area contributed by atoms with Gasteiger partial charge in [-0.1, -0.05) is 6.07 Å². The minimum atomic E-state index is -1.45. The number of carboxylic acid groups (broad SMARTS) is 1. The van der Waals surface area contributed by atoms with Crippen LogP contribution in [0.25, 0.3) is 0 Å². The summed E-state index contributed by atoms with van der Waals surface area (Å²) >= 11 is 0. The molecule has 106 valence electrons. The van der Waals surface area contributed by atoms with E-state index in [0.717, 1.165) is 19.0 Å². The van der Waals surface area contributed by atoms with Gasteiger partial charge in [-0.25, -0.2) is 4.79 Å². The summed E-state index contributed by atoms with van der Waals surface area (Å²) in [6.07, 6.45) is 1.52. The van der Waals surface area contributed by atoms with Crippen LogP contribution in [0.3, 0.4) is 0 Å². The van der Waals surface area contributed by atoms with Gasteiger partial charge in [-0.05, 0) is 25.5 Å². The van der Waals surface area contributed by atoms with Crippen LogP contribution in [0.5, 0.6) is 0 Å². The molecule has 0 saturated carbocycles. The first-order valence-corrected chi connectivity index (χ1v) is 6.05. The number of hydrogen-bond acceptors (Lipinski definition) is 5. The van der Waals surface area contributed by atoms with Gasteiger partial charge in [0.05, 0.1) is 16.7 Å². The number of nitro groups is 1. The van der Waals surface area contributed by atoms with E-state index in [-0.39, 0.29) is 11.6 Å². The predicted molar refractivity (Wildman–Crippen MR) is 69.7 cm³/mol. The zero-order valence-corrected chi connectivity index (χ0v) is 10.5. The fourth-order valence-corrected chi connectivity index (χ4v) is 2.15. The van der Waals surface area contributed by atoms with Crippen LogP contribution in [0.15, 0.2) is 18.2 Å². The Morgan fingerprint density at radius 1 is 1.45 bits per heavy atom. The van der Waals surface area contributed by atoms with Crippen molar-refractivity contribution in [2.24, 2.45) is 0 Å². The van der Waals surface area contributed by atoms with Crippen LogP contribution in [-0.4, -0.2) is 34.5 Å². The number of aromatic carboxylic acids is 1. The van der Waals surface area contributed by atoms with Gasteiger partial charge >= 0.3 is 5.97 Å². The van der Waals surface area contributed by atoms with E-state index in [1.807, 2.05) is 0 Å². The molecule has 0 aliphatic carbocycles. The Morgan fingerprint density at radius 2 is 2.20 bits per heavy atom. The van der Waals surface area contributed by atoms with E-state index < -0.39 is 28.2 Å². The monoisotopic (exact) mass is 279 g/mol. The van der Waals surface area contributed by atoms with Gasteiger partial charge in [0, 0.05) is 6.07 Å². The van der Waals surface area contributed by atoms with Gasteiger partial charge in [0.1, 0.15) is 0 Å². The van der Waals surface area contributed by atoms with E-state index in [1.165, 1.54) is 12.1 Å². The topological polar surface area (TPSA) is 122 Å². The van der Waals surface area contributed by atoms with E-state index in [9.17, 15) is 19.7 Å². The van der Waals surface area contributed by atoms with Crippen molar-refractivity contribution in [1.29, 1.82) is 0 Å². The fraction of sp³-hybridized carbons (Fsp3) is 0.333. The number of nitrogens with one attached hydrogen (secondary N) is 2. The van der Waals surface area contributed by atoms with Crippen LogP contribution in [0.4, 0.5) is 11.4 Å². The van der Waals surface area contributed by atoms with E-state index in [1.54, 1.807) is 0 Å². The quantitative estimate of drug-likeness (QED) is 0.558. The van der Waals surface area contributed by atoms with E-state index in [4.69, 9.17) is 5.11 Å².